The Kier molecular flexibility index (Phi) is 4.27. The van der Waals surface area contributed by atoms with Crippen LogP contribution in [0, 0.1) is 0 Å². The van der Waals surface area contributed by atoms with Crippen molar-refractivity contribution in [3.63, 3.8) is 0 Å². The first-order valence-corrected chi connectivity index (χ1v) is 7.54. The Balaban J connectivity index is 1.86. The molecule has 0 unspecified atom stereocenters. The molecular weight excluding hydrogens is 368 g/mol. The summed E-state index contributed by atoms with van der Waals surface area (Å²) in [5.74, 6) is 0.0391. The minimum atomic E-state index is -0.272. The maximum absolute atomic E-state index is 9.82. The summed E-state index contributed by atoms with van der Waals surface area (Å²) < 4.78 is 6.22. The standard InChI is InChI=1S/C16H10BrClN2O2/c17-11-3-7-13(8-4-11)19-9-14-16(21)22-15(20-14)10-1-5-12(18)6-2-10/h1-9,21H. The summed E-state index contributed by atoms with van der Waals surface area (Å²) in [4.78, 5) is 8.47. The van der Waals surface area contributed by atoms with Crippen molar-refractivity contribution >= 4 is 39.4 Å². The molecule has 0 bridgehead atoms. The van der Waals surface area contributed by atoms with E-state index < -0.39 is 0 Å². The van der Waals surface area contributed by atoms with Gasteiger partial charge in [0.2, 0.25) is 5.89 Å². The maximum atomic E-state index is 9.82. The summed E-state index contributed by atoms with van der Waals surface area (Å²) in [5, 5.41) is 10.4. The SMILES string of the molecule is Oc1oc(-c2ccc(Cl)cc2)nc1C=Nc1ccc(Br)cc1. The van der Waals surface area contributed by atoms with E-state index >= 15 is 0 Å². The van der Waals surface area contributed by atoms with Crippen molar-refractivity contribution in [1.29, 1.82) is 0 Å². The molecule has 3 aromatic rings. The predicted molar refractivity (Wildman–Crippen MR) is 90.0 cm³/mol. The molecule has 0 aliphatic rings. The molecule has 0 fully saturated rings. The second-order valence-electron chi connectivity index (χ2n) is 4.45. The van der Waals surface area contributed by atoms with Crippen LogP contribution in [0.3, 0.4) is 0 Å². The van der Waals surface area contributed by atoms with Crippen molar-refractivity contribution in [3.05, 3.63) is 63.7 Å². The van der Waals surface area contributed by atoms with Crippen LogP contribution < -0.4 is 0 Å². The highest BCUT2D eigenvalue weighted by Crippen LogP contribution is 2.27. The van der Waals surface area contributed by atoms with Gasteiger partial charge in [-0.2, -0.15) is 0 Å². The molecule has 3 rings (SSSR count). The van der Waals surface area contributed by atoms with E-state index in [-0.39, 0.29) is 11.6 Å². The lowest BCUT2D eigenvalue weighted by Gasteiger charge is -1.94. The van der Waals surface area contributed by atoms with E-state index in [0.29, 0.717) is 10.9 Å². The third kappa shape index (κ3) is 3.37. The minimum absolute atomic E-state index is 0.271. The summed E-state index contributed by atoms with van der Waals surface area (Å²) in [6, 6.07) is 14.5. The minimum Gasteiger partial charge on any atom is -0.479 e. The van der Waals surface area contributed by atoms with Crippen molar-refractivity contribution in [3.8, 4) is 17.4 Å². The molecule has 0 atom stereocenters. The van der Waals surface area contributed by atoms with Crippen molar-refractivity contribution in [2.24, 2.45) is 4.99 Å². The number of nitrogens with zero attached hydrogens (tertiary/aromatic N) is 2. The Hall–Kier alpha value is -2.11. The monoisotopic (exact) mass is 376 g/mol. The van der Waals surface area contributed by atoms with E-state index in [1.165, 1.54) is 6.21 Å². The van der Waals surface area contributed by atoms with Crippen molar-refractivity contribution in [2.75, 3.05) is 0 Å². The molecule has 0 amide bonds. The van der Waals surface area contributed by atoms with Crippen LogP contribution in [0.25, 0.3) is 11.5 Å². The number of halogens is 2. The van der Waals surface area contributed by atoms with Crippen molar-refractivity contribution < 1.29 is 9.52 Å². The second kappa shape index (κ2) is 6.34. The number of hydrogen-bond donors (Lipinski definition) is 1. The molecule has 0 saturated heterocycles. The van der Waals surface area contributed by atoms with Gasteiger partial charge in [0.05, 0.1) is 11.9 Å². The van der Waals surface area contributed by atoms with E-state index in [9.17, 15) is 5.11 Å². The molecule has 0 radical (unpaired) electrons. The lowest BCUT2D eigenvalue weighted by atomic mass is 10.2. The first-order valence-electron chi connectivity index (χ1n) is 6.37. The van der Waals surface area contributed by atoms with E-state index in [2.05, 4.69) is 25.9 Å². The highest BCUT2D eigenvalue weighted by Gasteiger charge is 2.12. The van der Waals surface area contributed by atoms with Crippen molar-refractivity contribution in [1.82, 2.24) is 4.98 Å². The lowest BCUT2D eigenvalue weighted by molar-refractivity contribution is 0.337. The Morgan fingerprint density at radius 2 is 1.77 bits per heavy atom. The van der Waals surface area contributed by atoms with Crippen LogP contribution in [0.5, 0.6) is 5.95 Å². The number of aliphatic imine (C=N–C) groups is 1. The molecule has 4 nitrogen and oxygen atoms in total. The van der Waals surface area contributed by atoms with E-state index in [1.54, 1.807) is 24.3 Å². The lowest BCUT2D eigenvalue weighted by Crippen LogP contribution is -1.82. The number of benzene rings is 2. The van der Waals surface area contributed by atoms with Gasteiger partial charge in [0.25, 0.3) is 0 Å². The molecule has 1 N–H and O–H groups in total. The number of aromatic hydroxyl groups is 1. The molecule has 110 valence electrons. The number of hydrogen-bond acceptors (Lipinski definition) is 4. The van der Waals surface area contributed by atoms with Gasteiger partial charge in [-0.25, -0.2) is 4.98 Å². The van der Waals surface area contributed by atoms with Crippen LogP contribution in [0.4, 0.5) is 5.69 Å². The molecule has 22 heavy (non-hydrogen) atoms. The van der Waals surface area contributed by atoms with Crippen molar-refractivity contribution in [2.45, 2.75) is 0 Å². The normalized spacial score (nSPS) is 11.2. The van der Waals surface area contributed by atoms with Crippen LogP contribution >= 0.6 is 27.5 Å². The third-order valence-corrected chi connectivity index (χ3v) is 3.67. The molecule has 2 aromatic carbocycles. The Morgan fingerprint density at radius 3 is 2.45 bits per heavy atom. The molecule has 1 aromatic heterocycles. The maximum Gasteiger partial charge on any atom is 0.312 e. The summed E-state index contributed by atoms with van der Waals surface area (Å²) in [6.07, 6.45) is 1.46. The highest BCUT2D eigenvalue weighted by molar-refractivity contribution is 9.10. The van der Waals surface area contributed by atoms with Crippen LogP contribution in [0.1, 0.15) is 5.69 Å². The number of rotatable bonds is 3. The van der Waals surface area contributed by atoms with Crippen LogP contribution in [-0.2, 0) is 0 Å². The van der Waals surface area contributed by atoms with E-state index in [0.717, 1.165) is 15.7 Å². The summed E-state index contributed by atoms with van der Waals surface area (Å²) in [7, 11) is 0. The Bertz CT molecular complexity index is 811. The first-order chi connectivity index (χ1) is 10.6. The molecule has 0 saturated carbocycles. The van der Waals surface area contributed by atoms with Gasteiger partial charge in [0, 0.05) is 15.1 Å². The van der Waals surface area contributed by atoms with E-state index in [4.69, 9.17) is 16.0 Å². The van der Waals surface area contributed by atoms with Gasteiger partial charge in [0.1, 0.15) is 0 Å². The largest absolute Gasteiger partial charge is 0.479 e. The molecule has 1 heterocycles. The first kappa shape index (κ1) is 14.8. The van der Waals surface area contributed by atoms with Gasteiger partial charge >= 0.3 is 5.95 Å². The second-order valence-corrected chi connectivity index (χ2v) is 5.80. The molecule has 0 aliphatic carbocycles. The summed E-state index contributed by atoms with van der Waals surface area (Å²) in [6.45, 7) is 0. The molecule has 6 heteroatoms. The fraction of sp³-hybridized carbons (Fsp3) is 0. The molecule has 0 spiro atoms. The zero-order valence-electron chi connectivity index (χ0n) is 11.2. The molecule has 0 aliphatic heterocycles. The predicted octanol–water partition coefficient (Wildman–Crippen LogP) is 5.21. The zero-order chi connectivity index (χ0) is 15.5. The average molecular weight is 378 g/mol. The van der Waals surface area contributed by atoms with Gasteiger partial charge in [-0.05, 0) is 48.5 Å². The average Bonchev–Trinajstić information content (AvgIpc) is 2.88. The van der Waals surface area contributed by atoms with Gasteiger partial charge in [0.15, 0.2) is 5.69 Å². The quantitative estimate of drug-likeness (QED) is 0.637. The smallest absolute Gasteiger partial charge is 0.312 e. The van der Waals surface area contributed by atoms with Gasteiger partial charge in [-0.15, -0.1) is 0 Å². The summed E-state index contributed by atoms with van der Waals surface area (Å²) in [5.41, 5.74) is 1.74. The van der Waals surface area contributed by atoms with Crippen LogP contribution in [0.15, 0.2) is 62.4 Å². The number of aromatic nitrogens is 1. The number of oxazole rings is 1. The van der Waals surface area contributed by atoms with Gasteiger partial charge in [-0.1, -0.05) is 27.5 Å². The fourth-order valence-electron chi connectivity index (χ4n) is 1.79. The van der Waals surface area contributed by atoms with Crippen LogP contribution in [-0.4, -0.2) is 16.3 Å². The summed E-state index contributed by atoms with van der Waals surface area (Å²) >= 11 is 9.20. The fourth-order valence-corrected chi connectivity index (χ4v) is 2.18. The Labute approximate surface area is 140 Å². The Morgan fingerprint density at radius 1 is 1.09 bits per heavy atom. The van der Waals surface area contributed by atoms with Crippen LogP contribution in [0.2, 0.25) is 5.02 Å². The van der Waals surface area contributed by atoms with Gasteiger partial charge < -0.3 is 9.52 Å². The van der Waals surface area contributed by atoms with E-state index in [1.807, 2.05) is 24.3 Å². The highest BCUT2D eigenvalue weighted by atomic mass is 79.9. The zero-order valence-corrected chi connectivity index (χ0v) is 13.5. The topological polar surface area (TPSA) is 58.6 Å². The third-order valence-electron chi connectivity index (χ3n) is 2.89. The van der Waals surface area contributed by atoms with Gasteiger partial charge in [-0.3, -0.25) is 4.99 Å². The molecular formula is C16H10BrClN2O2.